The van der Waals surface area contributed by atoms with Crippen LogP contribution in [0.4, 0.5) is 31.5 Å². The van der Waals surface area contributed by atoms with Crippen LogP contribution >= 0.6 is 0 Å². The van der Waals surface area contributed by atoms with Crippen molar-refractivity contribution >= 4 is 44.6 Å². The SMILES string of the molecule is [2H]c1c([2H])c(C(C)(C)C)c([2H])c([2H])c1-c1cc(Oc2[c-]c3c(cc2)c2ccccc2n3-c2cc(C(C)(C)C)ccn2)[c-]c(N2[CH-]N(c3c(-c4cc(F)cc(F)c4)cccc3-c3cc(C(C)C)cc(C(C)C)c3)c3ccccc32)c1.[Pt]. The Morgan fingerprint density at radius 2 is 1.18 bits per heavy atom. The van der Waals surface area contributed by atoms with Gasteiger partial charge < -0.3 is 19.1 Å². The third-order valence-corrected chi connectivity index (χ3v) is 14.1. The Morgan fingerprint density at radius 1 is 0.566 bits per heavy atom. The van der Waals surface area contributed by atoms with Crippen molar-refractivity contribution in [1.29, 1.82) is 0 Å². The number of anilines is 4. The van der Waals surface area contributed by atoms with Crippen LogP contribution in [0.5, 0.6) is 11.5 Å². The fraction of sp³-hybridized carbons (Fsp3) is 0.206. The van der Waals surface area contributed by atoms with Crippen molar-refractivity contribution in [3.05, 3.63) is 223 Å². The van der Waals surface area contributed by atoms with Crippen molar-refractivity contribution in [3.8, 4) is 50.7 Å². The van der Waals surface area contributed by atoms with E-state index in [1.807, 2.05) is 116 Å². The fourth-order valence-electron chi connectivity index (χ4n) is 9.95. The van der Waals surface area contributed by atoms with E-state index in [1.165, 1.54) is 12.1 Å². The van der Waals surface area contributed by atoms with E-state index < -0.39 is 17.0 Å². The van der Waals surface area contributed by atoms with Crippen molar-refractivity contribution in [1.82, 2.24) is 9.55 Å². The summed E-state index contributed by atoms with van der Waals surface area (Å²) in [6.07, 6.45) is 1.83. The van der Waals surface area contributed by atoms with E-state index in [9.17, 15) is 5.48 Å². The zero-order chi connectivity index (χ0) is 56.0. The summed E-state index contributed by atoms with van der Waals surface area (Å²) in [6, 6.07) is 50.1. The molecule has 0 N–H and O–H groups in total. The molecule has 0 spiro atoms. The monoisotopic (exact) mass is 1190 g/mol. The van der Waals surface area contributed by atoms with Gasteiger partial charge in [0, 0.05) is 78.5 Å². The predicted molar refractivity (Wildman–Crippen MR) is 306 cm³/mol. The molecule has 0 fully saturated rings. The standard InChI is InChI=1S/C68H61F2N4O.Pt/c1-42(2)45-30-46(43(3)4)32-48(31-45)57-17-15-18-58(49-33-52(69)38-53(70)34-49)66(57)73-41-72(62-20-13-14-21-63(62)73)54-35-47(44-22-24-50(25-23-44)67(5,6)7)36-56(39-54)75-55-26-27-60-59-16-11-12-19-61(59)74(64(60)40-55)65-37-51(28-29-71-65)68(8,9)10;/h11-38,41-43H,1-10H3;/q-3;/i22D,23D,24D,25D;. The molecule has 0 radical (unpaired) electrons. The fourth-order valence-corrected chi connectivity index (χ4v) is 9.95. The van der Waals surface area contributed by atoms with Gasteiger partial charge in [-0.3, -0.25) is 0 Å². The molecule has 8 heteroatoms. The normalized spacial score (nSPS) is 13.5. The number of aromatic nitrogens is 2. The van der Waals surface area contributed by atoms with E-state index in [-0.39, 0.29) is 73.8 Å². The zero-order valence-electron chi connectivity index (χ0n) is 48.4. The number of hydrogen-bond acceptors (Lipinski definition) is 4. The van der Waals surface area contributed by atoms with Gasteiger partial charge in [-0.1, -0.05) is 166 Å². The van der Waals surface area contributed by atoms with Gasteiger partial charge in [-0.15, -0.1) is 53.6 Å². The van der Waals surface area contributed by atoms with Crippen LogP contribution in [-0.2, 0) is 31.9 Å². The summed E-state index contributed by atoms with van der Waals surface area (Å²) in [7, 11) is 0. The average Bonchev–Trinajstić information content (AvgIpc) is 4.05. The molecule has 1 aliphatic rings. The van der Waals surface area contributed by atoms with Gasteiger partial charge in [0.25, 0.3) is 0 Å². The van der Waals surface area contributed by atoms with Crippen LogP contribution in [-0.4, -0.2) is 9.55 Å². The molecule has 11 rings (SSSR count). The second-order valence-electron chi connectivity index (χ2n) is 22.2. The first kappa shape index (κ1) is 47.1. The average molecular weight is 1190 g/mol. The van der Waals surface area contributed by atoms with Crippen molar-refractivity contribution in [2.75, 3.05) is 9.80 Å². The Kier molecular flexibility index (Phi) is 12.6. The number of hydrogen-bond donors (Lipinski definition) is 0. The molecule has 0 amide bonds. The molecule has 0 unspecified atom stereocenters. The third-order valence-electron chi connectivity index (χ3n) is 14.1. The number of rotatable bonds is 10. The number of para-hydroxylation sites is 4. The van der Waals surface area contributed by atoms with Crippen LogP contribution < -0.4 is 14.5 Å². The topological polar surface area (TPSA) is 33.5 Å². The Hall–Kier alpha value is -7.34. The van der Waals surface area contributed by atoms with Crippen LogP contribution in [0.15, 0.2) is 170 Å². The van der Waals surface area contributed by atoms with E-state index in [4.69, 9.17) is 9.72 Å². The maximum Gasteiger partial charge on any atom is 0.135 e. The third kappa shape index (κ3) is 9.98. The molecule has 0 saturated heterocycles. The zero-order valence-corrected chi connectivity index (χ0v) is 46.6. The van der Waals surface area contributed by atoms with Gasteiger partial charge in [0.15, 0.2) is 0 Å². The van der Waals surface area contributed by atoms with Crippen molar-refractivity contribution < 1.29 is 40.1 Å². The summed E-state index contributed by atoms with van der Waals surface area (Å²) >= 11 is 0. The molecule has 10 aromatic rings. The summed E-state index contributed by atoms with van der Waals surface area (Å²) in [5.41, 5.74) is 10.5. The predicted octanol–water partition coefficient (Wildman–Crippen LogP) is 19.1. The second-order valence-corrected chi connectivity index (χ2v) is 22.2. The van der Waals surface area contributed by atoms with Crippen LogP contribution in [0, 0.1) is 30.4 Å². The minimum Gasteiger partial charge on any atom is -0.509 e. The number of benzene rings is 8. The summed E-state index contributed by atoms with van der Waals surface area (Å²) in [6.45, 7) is 22.8. The first-order valence-electron chi connectivity index (χ1n) is 27.6. The molecule has 0 aliphatic carbocycles. The number of fused-ring (bicyclic) bond motifs is 4. The summed E-state index contributed by atoms with van der Waals surface area (Å²) < 4.78 is 77.2. The number of halogens is 2. The minimum absolute atomic E-state index is 0. The molecular weight excluding hydrogens is 1120 g/mol. The van der Waals surface area contributed by atoms with E-state index in [0.717, 1.165) is 72.9 Å². The summed E-state index contributed by atoms with van der Waals surface area (Å²) in [4.78, 5) is 8.85. The van der Waals surface area contributed by atoms with Crippen molar-refractivity contribution in [3.63, 3.8) is 0 Å². The molecule has 0 bridgehead atoms. The number of pyridine rings is 1. The number of ether oxygens (including phenoxy) is 1. The van der Waals surface area contributed by atoms with Crippen LogP contribution in [0.25, 0.3) is 61.0 Å². The molecule has 0 atom stereocenters. The Labute approximate surface area is 466 Å². The summed E-state index contributed by atoms with van der Waals surface area (Å²) in [5.74, 6) is 0.366. The molecular formula is C68H61F2N4OPt-3. The molecule has 2 aromatic heterocycles. The summed E-state index contributed by atoms with van der Waals surface area (Å²) in [5, 5.41) is 1.97. The van der Waals surface area contributed by atoms with Crippen molar-refractivity contribution in [2.45, 2.75) is 91.9 Å². The molecule has 0 saturated carbocycles. The van der Waals surface area contributed by atoms with Gasteiger partial charge in [0.05, 0.1) is 5.48 Å². The Balaban J connectivity index is 0.00000720. The van der Waals surface area contributed by atoms with E-state index in [1.54, 1.807) is 12.1 Å². The van der Waals surface area contributed by atoms with Crippen LogP contribution in [0.1, 0.15) is 109 Å². The van der Waals surface area contributed by atoms with Gasteiger partial charge in [0.2, 0.25) is 0 Å². The smallest absolute Gasteiger partial charge is 0.135 e. The molecule has 386 valence electrons. The number of nitrogens with zero attached hydrogens (tertiary/aromatic N) is 4. The molecule has 5 nitrogen and oxygen atoms in total. The molecule has 1 aliphatic heterocycles. The quantitative estimate of drug-likeness (QED) is 0.128. The Bertz CT molecular complexity index is 3990. The van der Waals surface area contributed by atoms with Gasteiger partial charge in [-0.2, -0.15) is 6.07 Å². The maximum atomic E-state index is 15.3. The van der Waals surface area contributed by atoms with Gasteiger partial charge in [-0.05, 0) is 109 Å². The second kappa shape index (κ2) is 20.3. The van der Waals surface area contributed by atoms with Gasteiger partial charge in [-0.25, -0.2) is 13.8 Å². The van der Waals surface area contributed by atoms with E-state index in [2.05, 4.69) is 102 Å². The largest absolute Gasteiger partial charge is 0.509 e. The van der Waals surface area contributed by atoms with Crippen LogP contribution in [0.2, 0.25) is 0 Å². The van der Waals surface area contributed by atoms with Gasteiger partial charge >= 0.3 is 0 Å². The first-order chi connectivity index (χ1) is 37.5. The van der Waals surface area contributed by atoms with E-state index >= 15 is 8.78 Å². The van der Waals surface area contributed by atoms with E-state index in [0.29, 0.717) is 39.4 Å². The Morgan fingerprint density at radius 3 is 1.83 bits per heavy atom. The van der Waals surface area contributed by atoms with Crippen molar-refractivity contribution in [2.24, 2.45) is 0 Å². The molecule has 76 heavy (non-hydrogen) atoms. The maximum absolute atomic E-state index is 15.3. The first-order valence-corrected chi connectivity index (χ1v) is 25.6. The minimum atomic E-state index is -0.698. The molecule has 8 aromatic carbocycles. The van der Waals surface area contributed by atoms with Crippen LogP contribution in [0.3, 0.4) is 0 Å². The molecule has 3 heterocycles. The van der Waals surface area contributed by atoms with Gasteiger partial charge in [0.1, 0.15) is 17.5 Å².